The van der Waals surface area contributed by atoms with E-state index in [9.17, 15) is 9.59 Å². The molecule has 3 aromatic rings. The number of nitrogens with zero attached hydrogens (tertiary/aromatic N) is 4. The van der Waals surface area contributed by atoms with Gasteiger partial charge < -0.3 is 5.32 Å². The molecule has 1 amide bonds. The highest BCUT2D eigenvalue weighted by Gasteiger charge is 2.17. The van der Waals surface area contributed by atoms with E-state index in [0.29, 0.717) is 21.6 Å². The number of aryl methyl sites for hydroxylation is 2. The van der Waals surface area contributed by atoms with Crippen LogP contribution in [0, 0.1) is 0 Å². The molecule has 1 N–H and O–H groups in total. The zero-order valence-electron chi connectivity index (χ0n) is 11.9. The minimum absolute atomic E-state index is 0.193. The van der Waals surface area contributed by atoms with E-state index in [-0.39, 0.29) is 5.69 Å². The first-order chi connectivity index (χ1) is 10.5. The van der Waals surface area contributed by atoms with E-state index >= 15 is 0 Å². The van der Waals surface area contributed by atoms with Gasteiger partial charge in [-0.15, -0.1) is 0 Å². The molecule has 0 fully saturated rings. The average molecular weight is 318 g/mol. The fourth-order valence-corrected chi connectivity index (χ4v) is 2.35. The zero-order valence-corrected chi connectivity index (χ0v) is 12.6. The molecule has 0 spiro atoms. The molecule has 7 nitrogen and oxygen atoms in total. The molecule has 1 aromatic carbocycles. The molecule has 22 heavy (non-hydrogen) atoms. The van der Waals surface area contributed by atoms with E-state index in [1.165, 1.54) is 16.9 Å². The molecule has 112 valence electrons. The van der Waals surface area contributed by atoms with Crippen LogP contribution >= 0.6 is 11.6 Å². The van der Waals surface area contributed by atoms with Gasteiger partial charge in [0.2, 0.25) is 5.43 Å². The van der Waals surface area contributed by atoms with Gasteiger partial charge in [0.1, 0.15) is 0 Å². The van der Waals surface area contributed by atoms with E-state index in [0.717, 1.165) is 0 Å². The van der Waals surface area contributed by atoms with Crippen LogP contribution in [0.3, 0.4) is 0 Å². The Morgan fingerprint density at radius 3 is 2.77 bits per heavy atom. The summed E-state index contributed by atoms with van der Waals surface area (Å²) in [5.74, 6) is -0.588. The molecule has 0 unspecified atom stereocenters. The van der Waals surface area contributed by atoms with Gasteiger partial charge in [-0.05, 0) is 18.2 Å². The number of nitrogens with one attached hydrogen (secondary N) is 1. The largest absolute Gasteiger partial charge is 0.318 e. The molecule has 0 saturated carbocycles. The lowest BCUT2D eigenvalue weighted by molar-refractivity contribution is 0.101. The van der Waals surface area contributed by atoms with Gasteiger partial charge in [0, 0.05) is 25.3 Å². The predicted molar refractivity (Wildman–Crippen MR) is 83.2 cm³/mol. The zero-order chi connectivity index (χ0) is 15.9. The van der Waals surface area contributed by atoms with Gasteiger partial charge in [0.25, 0.3) is 5.91 Å². The third-order valence-corrected chi connectivity index (χ3v) is 3.43. The average Bonchev–Trinajstić information content (AvgIpc) is 2.87. The SMILES string of the molecule is Cn1cc(NC(=O)c2nn(C)c3ccc(Cl)cc3c2=O)cn1. The Morgan fingerprint density at radius 1 is 1.32 bits per heavy atom. The highest BCUT2D eigenvalue weighted by atomic mass is 35.5. The molecule has 0 radical (unpaired) electrons. The van der Waals surface area contributed by atoms with Crippen molar-refractivity contribution in [2.75, 3.05) is 5.32 Å². The van der Waals surface area contributed by atoms with Crippen molar-refractivity contribution in [2.24, 2.45) is 14.1 Å². The van der Waals surface area contributed by atoms with Crippen molar-refractivity contribution < 1.29 is 4.79 Å². The second kappa shape index (κ2) is 5.27. The number of carbonyl (C=O) groups is 1. The molecule has 2 aromatic heterocycles. The number of amides is 1. The molecule has 0 bridgehead atoms. The van der Waals surface area contributed by atoms with Crippen LogP contribution in [0.4, 0.5) is 5.69 Å². The van der Waals surface area contributed by atoms with Crippen molar-refractivity contribution in [1.29, 1.82) is 0 Å². The van der Waals surface area contributed by atoms with Crippen LogP contribution in [-0.2, 0) is 14.1 Å². The van der Waals surface area contributed by atoms with Gasteiger partial charge in [0.15, 0.2) is 5.69 Å². The van der Waals surface area contributed by atoms with E-state index in [4.69, 9.17) is 11.6 Å². The fourth-order valence-electron chi connectivity index (χ4n) is 2.17. The Bertz CT molecular complexity index is 944. The third-order valence-electron chi connectivity index (χ3n) is 3.19. The van der Waals surface area contributed by atoms with Gasteiger partial charge in [-0.3, -0.25) is 19.0 Å². The summed E-state index contributed by atoms with van der Waals surface area (Å²) in [5.41, 5.74) is 0.438. The summed E-state index contributed by atoms with van der Waals surface area (Å²) in [6.07, 6.45) is 3.11. The van der Waals surface area contributed by atoms with Crippen LogP contribution in [0.1, 0.15) is 10.5 Å². The van der Waals surface area contributed by atoms with Crippen LogP contribution in [0.15, 0.2) is 35.4 Å². The lowest BCUT2D eigenvalue weighted by atomic mass is 10.2. The summed E-state index contributed by atoms with van der Waals surface area (Å²) in [6.45, 7) is 0. The molecule has 0 saturated heterocycles. The number of carbonyl (C=O) groups excluding carboxylic acids is 1. The molecule has 0 aliphatic rings. The maximum Gasteiger partial charge on any atom is 0.280 e. The fraction of sp³-hybridized carbons (Fsp3) is 0.143. The summed E-state index contributed by atoms with van der Waals surface area (Å²) in [7, 11) is 3.39. The highest BCUT2D eigenvalue weighted by Crippen LogP contribution is 2.16. The van der Waals surface area contributed by atoms with Crippen LogP contribution in [0.2, 0.25) is 5.02 Å². The van der Waals surface area contributed by atoms with Crippen molar-refractivity contribution in [2.45, 2.75) is 0 Å². The summed E-state index contributed by atoms with van der Waals surface area (Å²) in [5, 5.41) is 11.4. The number of halogens is 1. The van der Waals surface area contributed by atoms with Crippen LogP contribution in [0.5, 0.6) is 0 Å². The molecule has 0 aliphatic heterocycles. The van der Waals surface area contributed by atoms with Crippen LogP contribution < -0.4 is 10.7 Å². The molecule has 8 heteroatoms. The normalized spacial score (nSPS) is 10.9. The van der Waals surface area contributed by atoms with Crippen molar-refractivity contribution >= 4 is 34.1 Å². The Kier molecular flexibility index (Phi) is 3.42. The number of anilines is 1. The second-order valence-electron chi connectivity index (χ2n) is 4.82. The van der Waals surface area contributed by atoms with Crippen molar-refractivity contribution in [3.8, 4) is 0 Å². The van der Waals surface area contributed by atoms with E-state index in [2.05, 4.69) is 15.5 Å². The lowest BCUT2D eigenvalue weighted by Crippen LogP contribution is -2.26. The first-order valence-corrected chi connectivity index (χ1v) is 6.80. The first kappa shape index (κ1) is 14.3. The van der Waals surface area contributed by atoms with Crippen molar-refractivity contribution in [3.63, 3.8) is 0 Å². The number of benzene rings is 1. The van der Waals surface area contributed by atoms with Gasteiger partial charge in [0.05, 0.1) is 22.8 Å². The van der Waals surface area contributed by atoms with Crippen LogP contribution in [-0.4, -0.2) is 25.5 Å². The number of hydrogen-bond donors (Lipinski definition) is 1. The Morgan fingerprint density at radius 2 is 2.09 bits per heavy atom. The maximum absolute atomic E-state index is 12.5. The molecule has 3 rings (SSSR count). The Balaban J connectivity index is 2.09. The quantitative estimate of drug-likeness (QED) is 0.778. The number of hydrogen-bond acceptors (Lipinski definition) is 4. The van der Waals surface area contributed by atoms with E-state index < -0.39 is 11.3 Å². The summed E-state index contributed by atoms with van der Waals surface area (Å²) >= 11 is 5.93. The highest BCUT2D eigenvalue weighted by molar-refractivity contribution is 6.31. The summed E-state index contributed by atoms with van der Waals surface area (Å²) in [4.78, 5) is 24.7. The van der Waals surface area contributed by atoms with Gasteiger partial charge in [-0.2, -0.15) is 10.2 Å². The lowest BCUT2D eigenvalue weighted by Gasteiger charge is -2.08. The number of fused-ring (bicyclic) bond motifs is 1. The van der Waals surface area contributed by atoms with Crippen molar-refractivity contribution in [1.82, 2.24) is 19.6 Å². The predicted octanol–water partition coefficient (Wildman–Crippen LogP) is 1.57. The minimum Gasteiger partial charge on any atom is -0.318 e. The molecule has 0 aliphatic carbocycles. The summed E-state index contributed by atoms with van der Waals surface area (Å²) in [6, 6.07) is 4.89. The molecular formula is C14H12ClN5O2. The molecule has 0 atom stereocenters. The van der Waals surface area contributed by atoms with Gasteiger partial charge >= 0.3 is 0 Å². The second-order valence-corrected chi connectivity index (χ2v) is 5.26. The van der Waals surface area contributed by atoms with Gasteiger partial charge in [-0.25, -0.2) is 0 Å². The standard InChI is InChI=1S/C14H12ClN5O2/c1-19-7-9(6-16-19)17-14(22)12-13(21)10-5-8(15)3-4-11(10)20(2)18-12/h3-7H,1-2H3,(H,17,22). The molecule has 2 heterocycles. The van der Waals surface area contributed by atoms with Crippen molar-refractivity contribution in [3.05, 3.63) is 51.5 Å². The topological polar surface area (TPSA) is 81.8 Å². The minimum atomic E-state index is -0.588. The van der Waals surface area contributed by atoms with Crippen LogP contribution in [0.25, 0.3) is 10.9 Å². The number of aromatic nitrogens is 4. The third kappa shape index (κ3) is 2.46. The summed E-state index contributed by atoms with van der Waals surface area (Å²) < 4.78 is 3.02. The Labute approximate surface area is 130 Å². The van der Waals surface area contributed by atoms with E-state index in [1.807, 2.05) is 0 Å². The number of rotatable bonds is 2. The maximum atomic E-state index is 12.5. The molecular weight excluding hydrogens is 306 g/mol. The first-order valence-electron chi connectivity index (χ1n) is 6.42. The van der Waals surface area contributed by atoms with Gasteiger partial charge in [-0.1, -0.05) is 11.6 Å². The Hall–Kier alpha value is -2.67. The van der Waals surface area contributed by atoms with E-state index in [1.54, 1.807) is 37.1 Å². The monoisotopic (exact) mass is 317 g/mol. The smallest absolute Gasteiger partial charge is 0.280 e.